The molecular formula is C27H24N2O3S. The predicted octanol–water partition coefficient (Wildman–Crippen LogP) is 5.98. The summed E-state index contributed by atoms with van der Waals surface area (Å²) in [5.41, 5.74) is 4.30. The van der Waals surface area contributed by atoms with Crippen LogP contribution in [0.15, 0.2) is 88.8 Å². The minimum atomic E-state index is -0.357. The molecule has 0 unspecified atom stereocenters. The molecule has 1 fully saturated rings. The summed E-state index contributed by atoms with van der Waals surface area (Å²) in [5.74, 6) is -0.450. The van der Waals surface area contributed by atoms with Crippen LogP contribution >= 0.6 is 11.8 Å². The maximum absolute atomic E-state index is 13.3. The van der Waals surface area contributed by atoms with Gasteiger partial charge in [-0.3, -0.25) is 9.69 Å². The second-order valence-corrected chi connectivity index (χ2v) is 8.57. The third-order valence-corrected chi connectivity index (χ3v) is 6.06. The molecule has 0 N–H and O–H groups in total. The van der Waals surface area contributed by atoms with E-state index in [1.807, 2.05) is 79.7 Å². The number of ether oxygens (including phenoxy) is 1. The number of thioether (sulfide) groups is 1. The van der Waals surface area contributed by atoms with Gasteiger partial charge in [-0.1, -0.05) is 60.2 Å². The monoisotopic (exact) mass is 456 g/mol. The van der Waals surface area contributed by atoms with E-state index in [0.29, 0.717) is 28.8 Å². The first-order chi connectivity index (χ1) is 16.0. The van der Waals surface area contributed by atoms with Gasteiger partial charge in [-0.05, 0) is 67.1 Å². The second kappa shape index (κ2) is 10.3. The van der Waals surface area contributed by atoms with E-state index in [1.165, 1.54) is 11.8 Å². The second-order valence-electron chi connectivity index (χ2n) is 7.56. The zero-order valence-electron chi connectivity index (χ0n) is 18.5. The van der Waals surface area contributed by atoms with Crippen LogP contribution in [0.2, 0.25) is 0 Å². The fraction of sp³-hybridized carbons (Fsp3) is 0.148. The number of esters is 1. The molecule has 33 heavy (non-hydrogen) atoms. The Balaban J connectivity index is 1.63. The number of rotatable bonds is 6. The highest BCUT2D eigenvalue weighted by Gasteiger charge is 2.33. The maximum Gasteiger partial charge on any atom is 0.338 e. The van der Waals surface area contributed by atoms with Crippen molar-refractivity contribution in [3.63, 3.8) is 0 Å². The average Bonchev–Trinajstić information content (AvgIpc) is 3.10. The number of amidine groups is 1. The molecule has 1 amide bonds. The van der Waals surface area contributed by atoms with Gasteiger partial charge in [-0.25, -0.2) is 9.79 Å². The molecule has 1 saturated heterocycles. The number of carbonyl (C=O) groups is 2. The SMILES string of the molecule is CCOC(=O)c1ccc(/C=C2/SC(=Nc3ccc(C)cc3)N(Cc3ccccc3)C2=O)cc1. The van der Waals surface area contributed by atoms with Gasteiger partial charge in [-0.2, -0.15) is 0 Å². The topological polar surface area (TPSA) is 59.0 Å². The molecular weight excluding hydrogens is 432 g/mol. The van der Waals surface area contributed by atoms with Gasteiger partial charge in [0.2, 0.25) is 0 Å². The Kier molecular flexibility index (Phi) is 7.05. The normalized spacial score (nSPS) is 15.9. The van der Waals surface area contributed by atoms with Gasteiger partial charge in [0, 0.05) is 0 Å². The van der Waals surface area contributed by atoms with Crippen LogP contribution in [0.5, 0.6) is 0 Å². The first kappa shape index (κ1) is 22.6. The zero-order valence-corrected chi connectivity index (χ0v) is 19.3. The molecule has 1 aliphatic rings. The number of amides is 1. The van der Waals surface area contributed by atoms with Crippen LogP contribution in [0.4, 0.5) is 5.69 Å². The first-order valence-electron chi connectivity index (χ1n) is 10.7. The fourth-order valence-electron chi connectivity index (χ4n) is 3.31. The Bertz CT molecular complexity index is 1200. The molecule has 0 spiro atoms. The van der Waals surface area contributed by atoms with E-state index in [-0.39, 0.29) is 11.9 Å². The predicted molar refractivity (Wildman–Crippen MR) is 133 cm³/mol. The minimum absolute atomic E-state index is 0.0933. The van der Waals surface area contributed by atoms with Gasteiger partial charge in [0.1, 0.15) is 0 Å². The fourth-order valence-corrected chi connectivity index (χ4v) is 4.31. The summed E-state index contributed by atoms with van der Waals surface area (Å²) >= 11 is 1.35. The van der Waals surface area contributed by atoms with Crippen molar-refractivity contribution >= 4 is 40.6 Å². The van der Waals surface area contributed by atoms with Gasteiger partial charge in [0.05, 0.1) is 29.3 Å². The molecule has 1 heterocycles. The van der Waals surface area contributed by atoms with E-state index in [1.54, 1.807) is 24.0 Å². The van der Waals surface area contributed by atoms with Gasteiger partial charge < -0.3 is 4.74 Å². The number of aliphatic imine (C=N–C) groups is 1. The molecule has 0 aliphatic carbocycles. The van der Waals surface area contributed by atoms with E-state index in [9.17, 15) is 9.59 Å². The molecule has 0 atom stereocenters. The summed E-state index contributed by atoms with van der Waals surface area (Å²) in [6.45, 7) is 4.57. The number of aryl methyl sites for hydroxylation is 1. The van der Waals surface area contributed by atoms with E-state index < -0.39 is 0 Å². The molecule has 5 nitrogen and oxygen atoms in total. The summed E-state index contributed by atoms with van der Waals surface area (Å²) < 4.78 is 5.03. The van der Waals surface area contributed by atoms with Crippen LogP contribution in [0.3, 0.4) is 0 Å². The molecule has 0 bridgehead atoms. The number of hydrogen-bond acceptors (Lipinski definition) is 5. The number of carbonyl (C=O) groups excluding carboxylic acids is 2. The molecule has 1 aliphatic heterocycles. The Labute approximate surface area is 197 Å². The summed E-state index contributed by atoms with van der Waals surface area (Å²) in [4.78, 5) is 32.3. The molecule has 0 aromatic heterocycles. The third kappa shape index (κ3) is 5.59. The van der Waals surface area contributed by atoms with Crippen molar-refractivity contribution in [3.05, 3.63) is 106 Å². The highest BCUT2D eigenvalue weighted by atomic mass is 32.2. The smallest absolute Gasteiger partial charge is 0.338 e. The van der Waals surface area contributed by atoms with Crippen LogP contribution in [0.25, 0.3) is 6.08 Å². The Hall–Kier alpha value is -3.64. The quantitative estimate of drug-likeness (QED) is 0.338. The van der Waals surface area contributed by atoms with Crippen molar-refractivity contribution < 1.29 is 14.3 Å². The molecule has 166 valence electrons. The van der Waals surface area contributed by atoms with Crippen LogP contribution in [0, 0.1) is 6.92 Å². The summed E-state index contributed by atoms with van der Waals surface area (Å²) in [7, 11) is 0. The average molecular weight is 457 g/mol. The van der Waals surface area contributed by atoms with Crippen LogP contribution in [0.1, 0.15) is 34.0 Å². The Morgan fingerprint density at radius 1 is 1.00 bits per heavy atom. The lowest BCUT2D eigenvalue weighted by molar-refractivity contribution is -0.122. The first-order valence-corrected chi connectivity index (χ1v) is 11.5. The van der Waals surface area contributed by atoms with E-state index in [0.717, 1.165) is 22.4 Å². The molecule has 0 saturated carbocycles. The molecule has 3 aromatic rings. The summed E-state index contributed by atoms with van der Waals surface area (Å²) in [6.07, 6.45) is 1.83. The van der Waals surface area contributed by atoms with Gasteiger partial charge >= 0.3 is 5.97 Å². The number of benzene rings is 3. The van der Waals surface area contributed by atoms with E-state index in [4.69, 9.17) is 9.73 Å². The molecule has 0 radical (unpaired) electrons. The lowest BCUT2D eigenvalue weighted by atomic mass is 10.1. The van der Waals surface area contributed by atoms with Gasteiger partial charge in [0.15, 0.2) is 5.17 Å². The Morgan fingerprint density at radius 3 is 2.36 bits per heavy atom. The summed E-state index contributed by atoms with van der Waals surface area (Å²) in [6, 6.07) is 24.8. The highest BCUT2D eigenvalue weighted by molar-refractivity contribution is 8.18. The minimum Gasteiger partial charge on any atom is -0.462 e. The Morgan fingerprint density at radius 2 is 1.70 bits per heavy atom. The third-order valence-electron chi connectivity index (χ3n) is 5.05. The standard InChI is InChI=1S/C27H24N2O3S/c1-3-32-26(31)22-13-11-20(12-14-22)17-24-25(30)29(18-21-7-5-4-6-8-21)27(33-24)28-23-15-9-19(2)10-16-23/h4-17H,3,18H2,1-2H3/b24-17+,28-27?. The lowest BCUT2D eigenvalue weighted by Crippen LogP contribution is -2.28. The van der Waals surface area contributed by atoms with Crippen LogP contribution < -0.4 is 0 Å². The number of nitrogens with zero attached hydrogens (tertiary/aromatic N) is 2. The van der Waals surface area contributed by atoms with Crippen LogP contribution in [-0.2, 0) is 16.1 Å². The van der Waals surface area contributed by atoms with E-state index >= 15 is 0 Å². The van der Waals surface area contributed by atoms with Crippen molar-refractivity contribution in [1.82, 2.24) is 4.90 Å². The molecule has 3 aromatic carbocycles. The summed E-state index contributed by atoms with van der Waals surface area (Å²) in [5, 5.41) is 0.641. The van der Waals surface area contributed by atoms with Crippen LogP contribution in [-0.4, -0.2) is 28.6 Å². The van der Waals surface area contributed by atoms with Crippen molar-refractivity contribution in [2.45, 2.75) is 20.4 Å². The molecule has 6 heteroatoms. The van der Waals surface area contributed by atoms with Crippen molar-refractivity contribution in [2.24, 2.45) is 4.99 Å². The maximum atomic E-state index is 13.3. The molecule has 4 rings (SSSR count). The lowest BCUT2D eigenvalue weighted by Gasteiger charge is -2.15. The van der Waals surface area contributed by atoms with Crippen molar-refractivity contribution in [3.8, 4) is 0 Å². The van der Waals surface area contributed by atoms with Gasteiger partial charge in [0.25, 0.3) is 5.91 Å². The van der Waals surface area contributed by atoms with E-state index in [2.05, 4.69) is 0 Å². The van der Waals surface area contributed by atoms with Crippen molar-refractivity contribution in [2.75, 3.05) is 6.61 Å². The van der Waals surface area contributed by atoms with Crippen molar-refractivity contribution in [1.29, 1.82) is 0 Å². The number of hydrogen-bond donors (Lipinski definition) is 0. The highest BCUT2D eigenvalue weighted by Crippen LogP contribution is 2.35. The van der Waals surface area contributed by atoms with Gasteiger partial charge in [-0.15, -0.1) is 0 Å². The largest absolute Gasteiger partial charge is 0.462 e. The zero-order chi connectivity index (χ0) is 23.2.